The van der Waals surface area contributed by atoms with Crippen molar-refractivity contribution in [3.63, 3.8) is 0 Å². The molecule has 6 heteroatoms. The first-order valence-corrected chi connectivity index (χ1v) is 6.34. The first-order valence-electron chi connectivity index (χ1n) is 5.26. The fraction of sp³-hybridized carbons (Fsp3) is 0.600. The number of rotatable bonds is 3. The largest absolute Gasteiger partial charge is 0.381 e. The van der Waals surface area contributed by atoms with Crippen LogP contribution in [-0.2, 0) is 4.74 Å². The van der Waals surface area contributed by atoms with Gasteiger partial charge in [0, 0.05) is 18.6 Å². The van der Waals surface area contributed by atoms with Crippen molar-refractivity contribution in [2.24, 2.45) is 5.92 Å². The van der Waals surface area contributed by atoms with Gasteiger partial charge in [0.1, 0.15) is 9.39 Å². The van der Waals surface area contributed by atoms with Gasteiger partial charge in [-0.15, -0.1) is 0 Å². The molecular weight excluding hydrogens is 321 g/mol. The fourth-order valence-electron chi connectivity index (χ4n) is 1.76. The van der Waals surface area contributed by atoms with Crippen molar-refractivity contribution in [2.45, 2.75) is 19.4 Å². The topological polar surface area (TPSA) is 67.0 Å². The van der Waals surface area contributed by atoms with Gasteiger partial charge in [0.05, 0.1) is 12.9 Å². The Hall–Kier alpha value is -0.630. The number of H-pyrrole nitrogens is 1. The van der Waals surface area contributed by atoms with Crippen LogP contribution in [0, 0.1) is 9.49 Å². The predicted molar refractivity (Wildman–Crippen MR) is 69.6 cm³/mol. The molecule has 2 heterocycles. The molecule has 2 unspecified atom stereocenters. The van der Waals surface area contributed by atoms with Gasteiger partial charge in [-0.2, -0.15) is 0 Å². The van der Waals surface area contributed by atoms with Crippen molar-refractivity contribution >= 4 is 28.4 Å². The van der Waals surface area contributed by atoms with E-state index in [4.69, 9.17) is 4.74 Å². The van der Waals surface area contributed by atoms with Crippen molar-refractivity contribution in [1.82, 2.24) is 9.97 Å². The maximum absolute atomic E-state index is 11.4. The lowest BCUT2D eigenvalue weighted by Crippen LogP contribution is -2.28. The molecule has 1 saturated heterocycles. The Labute approximate surface area is 107 Å². The number of nitrogens with one attached hydrogen (secondary N) is 2. The molecule has 1 aliphatic heterocycles. The van der Waals surface area contributed by atoms with Crippen molar-refractivity contribution in [2.75, 3.05) is 18.5 Å². The quantitative estimate of drug-likeness (QED) is 0.815. The summed E-state index contributed by atoms with van der Waals surface area (Å²) in [5.41, 5.74) is -0.104. The molecule has 16 heavy (non-hydrogen) atoms. The van der Waals surface area contributed by atoms with Gasteiger partial charge in [0.15, 0.2) is 0 Å². The van der Waals surface area contributed by atoms with E-state index in [-0.39, 0.29) is 11.6 Å². The number of anilines is 1. The second-order valence-electron chi connectivity index (χ2n) is 3.95. The second-order valence-corrected chi connectivity index (χ2v) is 5.03. The average Bonchev–Trinajstić information content (AvgIpc) is 2.78. The first kappa shape index (κ1) is 11.8. The van der Waals surface area contributed by atoms with Crippen LogP contribution < -0.4 is 10.9 Å². The van der Waals surface area contributed by atoms with Gasteiger partial charge in [0.25, 0.3) is 5.56 Å². The van der Waals surface area contributed by atoms with E-state index < -0.39 is 0 Å². The summed E-state index contributed by atoms with van der Waals surface area (Å²) in [6.07, 6.45) is 2.48. The van der Waals surface area contributed by atoms with Gasteiger partial charge in [0.2, 0.25) is 0 Å². The molecule has 0 spiro atoms. The van der Waals surface area contributed by atoms with Crippen LogP contribution in [0.5, 0.6) is 0 Å². The lowest BCUT2D eigenvalue weighted by atomic mass is 10.0. The summed E-state index contributed by atoms with van der Waals surface area (Å²) in [5, 5.41) is 3.27. The smallest absolute Gasteiger partial charge is 0.266 e. The molecule has 2 N–H and O–H groups in total. The molecule has 5 nitrogen and oxygen atoms in total. The summed E-state index contributed by atoms with van der Waals surface area (Å²) < 4.78 is 5.94. The summed E-state index contributed by atoms with van der Waals surface area (Å²) in [5.74, 6) is 1.15. The molecule has 1 fully saturated rings. The van der Waals surface area contributed by atoms with Crippen LogP contribution in [0.4, 0.5) is 5.82 Å². The highest BCUT2D eigenvalue weighted by Crippen LogP contribution is 2.20. The molecule has 0 saturated carbocycles. The summed E-state index contributed by atoms with van der Waals surface area (Å²) in [7, 11) is 0. The number of hydrogen-bond acceptors (Lipinski definition) is 4. The van der Waals surface area contributed by atoms with E-state index >= 15 is 0 Å². The molecule has 2 atom stereocenters. The van der Waals surface area contributed by atoms with Gasteiger partial charge < -0.3 is 15.0 Å². The third-order valence-electron chi connectivity index (χ3n) is 2.83. The van der Waals surface area contributed by atoms with E-state index in [2.05, 4.69) is 22.2 Å². The molecule has 1 aliphatic rings. The lowest BCUT2D eigenvalue weighted by Gasteiger charge is -2.20. The van der Waals surface area contributed by atoms with E-state index in [0.717, 1.165) is 19.6 Å². The Morgan fingerprint density at radius 3 is 3.25 bits per heavy atom. The molecule has 0 aliphatic carbocycles. The van der Waals surface area contributed by atoms with Gasteiger partial charge in [-0.1, -0.05) is 0 Å². The SMILES string of the molecule is CC(Nc1nc[nH]c(=O)c1I)C1CCOC1. The molecule has 1 aromatic heterocycles. The number of aromatic nitrogens is 2. The number of hydrogen-bond donors (Lipinski definition) is 2. The summed E-state index contributed by atoms with van der Waals surface area (Å²) >= 11 is 2.00. The van der Waals surface area contributed by atoms with Crippen LogP contribution in [0.3, 0.4) is 0 Å². The van der Waals surface area contributed by atoms with Crippen molar-refractivity contribution in [1.29, 1.82) is 0 Å². The van der Waals surface area contributed by atoms with Crippen molar-refractivity contribution < 1.29 is 4.74 Å². The Balaban J connectivity index is 2.08. The average molecular weight is 335 g/mol. The molecular formula is C10H14IN3O2. The Morgan fingerprint density at radius 2 is 2.56 bits per heavy atom. The van der Waals surface area contributed by atoms with Crippen LogP contribution in [-0.4, -0.2) is 29.2 Å². The zero-order valence-electron chi connectivity index (χ0n) is 9.00. The van der Waals surface area contributed by atoms with E-state index in [9.17, 15) is 4.79 Å². The number of ether oxygens (including phenoxy) is 1. The Bertz CT molecular complexity index is 415. The molecule has 0 aromatic carbocycles. The summed E-state index contributed by atoms with van der Waals surface area (Å²) in [6, 6.07) is 0.269. The van der Waals surface area contributed by atoms with Gasteiger partial charge in [-0.3, -0.25) is 4.79 Å². The molecule has 0 bridgehead atoms. The van der Waals surface area contributed by atoms with Crippen LogP contribution in [0.25, 0.3) is 0 Å². The summed E-state index contributed by atoms with van der Waals surface area (Å²) in [4.78, 5) is 18.1. The van der Waals surface area contributed by atoms with E-state index in [1.165, 1.54) is 6.33 Å². The first-order chi connectivity index (χ1) is 7.68. The highest BCUT2D eigenvalue weighted by molar-refractivity contribution is 14.1. The Kier molecular flexibility index (Phi) is 3.80. The minimum absolute atomic E-state index is 0.104. The van der Waals surface area contributed by atoms with Crippen molar-refractivity contribution in [3.8, 4) is 0 Å². The van der Waals surface area contributed by atoms with Gasteiger partial charge >= 0.3 is 0 Å². The molecule has 88 valence electrons. The summed E-state index contributed by atoms with van der Waals surface area (Å²) in [6.45, 7) is 3.71. The molecule has 1 aromatic rings. The minimum atomic E-state index is -0.104. The molecule has 0 radical (unpaired) electrons. The lowest BCUT2D eigenvalue weighted by molar-refractivity contribution is 0.183. The third-order valence-corrected chi connectivity index (χ3v) is 3.83. The number of nitrogens with zero attached hydrogens (tertiary/aromatic N) is 1. The molecule has 2 rings (SSSR count). The highest BCUT2D eigenvalue weighted by Gasteiger charge is 2.23. The maximum Gasteiger partial charge on any atom is 0.266 e. The van der Waals surface area contributed by atoms with E-state index in [1.807, 2.05) is 22.6 Å². The predicted octanol–water partition coefficient (Wildman–Crippen LogP) is 1.21. The zero-order valence-corrected chi connectivity index (χ0v) is 11.2. The van der Waals surface area contributed by atoms with Gasteiger partial charge in [-0.25, -0.2) is 4.98 Å². The third kappa shape index (κ3) is 2.54. The second kappa shape index (κ2) is 5.13. The van der Waals surface area contributed by atoms with Crippen LogP contribution >= 0.6 is 22.6 Å². The van der Waals surface area contributed by atoms with Crippen LogP contribution in [0.15, 0.2) is 11.1 Å². The molecule has 0 amide bonds. The standard InChI is InChI=1S/C10H14IN3O2/c1-6(7-2-3-16-4-7)14-9-8(11)10(15)13-5-12-9/h5-7H,2-4H2,1H3,(H2,12,13,14,15). The van der Waals surface area contributed by atoms with Gasteiger partial charge in [-0.05, 0) is 35.9 Å². The fourth-order valence-corrected chi connectivity index (χ4v) is 2.21. The van der Waals surface area contributed by atoms with E-state index in [0.29, 0.717) is 15.3 Å². The number of aromatic amines is 1. The monoisotopic (exact) mass is 335 g/mol. The van der Waals surface area contributed by atoms with Crippen LogP contribution in [0.2, 0.25) is 0 Å². The minimum Gasteiger partial charge on any atom is -0.381 e. The van der Waals surface area contributed by atoms with E-state index in [1.54, 1.807) is 0 Å². The Morgan fingerprint density at radius 1 is 1.75 bits per heavy atom. The highest BCUT2D eigenvalue weighted by atomic mass is 127. The normalized spacial score (nSPS) is 22.0. The number of halogens is 1. The zero-order chi connectivity index (χ0) is 11.5. The van der Waals surface area contributed by atoms with Crippen LogP contribution in [0.1, 0.15) is 13.3 Å². The van der Waals surface area contributed by atoms with Crippen molar-refractivity contribution in [3.05, 3.63) is 20.3 Å². The maximum atomic E-state index is 11.4.